The molecule has 0 aliphatic carbocycles. The van der Waals surface area contributed by atoms with Gasteiger partial charge in [0.05, 0.1) is 0 Å². The number of hydrogen-bond donors (Lipinski definition) is 0. The molecule has 0 radical (unpaired) electrons. The van der Waals surface area contributed by atoms with E-state index in [2.05, 4.69) is 15.9 Å². The summed E-state index contributed by atoms with van der Waals surface area (Å²) in [6, 6.07) is 7.04. The normalized spacial score (nSPS) is 18.4. The summed E-state index contributed by atoms with van der Waals surface area (Å²) in [5, 5.41) is 0. The summed E-state index contributed by atoms with van der Waals surface area (Å²) in [5.74, 6) is -5.05. The Hall–Kier alpha value is -1.69. The fraction of sp³-hybridized carbons (Fsp3) is 0.357. The molecule has 1 heterocycles. The van der Waals surface area contributed by atoms with Gasteiger partial charge in [-0.3, -0.25) is 14.4 Å². The number of cyclic esters (lactones) is 2. The van der Waals surface area contributed by atoms with Gasteiger partial charge in [0.2, 0.25) is 5.92 Å². The summed E-state index contributed by atoms with van der Waals surface area (Å²) in [7, 11) is 0. The van der Waals surface area contributed by atoms with E-state index in [-0.39, 0.29) is 6.42 Å². The topological polar surface area (TPSA) is 69.7 Å². The van der Waals surface area contributed by atoms with Crippen molar-refractivity contribution in [3.8, 4) is 0 Å². The van der Waals surface area contributed by atoms with E-state index in [0.717, 1.165) is 4.47 Å². The molecule has 5 nitrogen and oxygen atoms in total. The molecular formula is C14H13BrO5. The van der Waals surface area contributed by atoms with Gasteiger partial charge < -0.3 is 9.47 Å². The Kier molecular flexibility index (Phi) is 3.94. The fourth-order valence-electron chi connectivity index (χ4n) is 1.89. The second kappa shape index (κ2) is 5.36. The number of halogens is 1. The zero-order chi connectivity index (χ0) is 14.9. The highest BCUT2D eigenvalue weighted by Gasteiger charge is 2.46. The lowest BCUT2D eigenvalue weighted by Gasteiger charge is -2.32. The lowest BCUT2D eigenvalue weighted by molar-refractivity contribution is -0.238. The standard InChI is InChI=1S/C14H13BrO5/c1-14(2)19-12(17)11(13(18)20-14)10(16)7-8-3-5-9(15)6-4-8/h3-6,11H,7H2,1-2H3. The third-order valence-electron chi connectivity index (χ3n) is 2.78. The monoisotopic (exact) mass is 340 g/mol. The molecule has 6 heteroatoms. The first kappa shape index (κ1) is 14.7. The zero-order valence-corrected chi connectivity index (χ0v) is 12.6. The Balaban J connectivity index is 2.11. The van der Waals surface area contributed by atoms with Gasteiger partial charge in [-0.25, -0.2) is 0 Å². The maximum Gasteiger partial charge on any atom is 0.331 e. The summed E-state index contributed by atoms with van der Waals surface area (Å²) in [6.07, 6.45) is -0.0252. The van der Waals surface area contributed by atoms with E-state index in [9.17, 15) is 14.4 Å². The van der Waals surface area contributed by atoms with Crippen molar-refractivity contribution in [3.05, 3.63) is 34.3 Å². The van der Waals surface area contributed by atoms with Gasteiger partial charge in [-0.1, -0.05) is 28.1 Å². The number of ketones is 1. The molecule has 0 aromatic heterocycles. The minimum absolute atomic E-state index is 0.0252. The molecule has 1 aromatic carbocycles. The second-order valence-corrected chi connectivity index (χ2v) is 5.86. The third-order valence-corrected chi connectivity index (χ3v) is 3.31. The molecule has 1 saturated heterocycles. The van der Waals surface area contributed by atoms with Crippen molar-refractivity contribution < 1.29 is 23.9 Å². The van der Waals surface area contributed by atoms with E-state index >= 15 is 0 Å². The summed E-state index contributed by atoms with van der Waals surface area (Å²) >= 11 is 3.29. The van der Waals surface area contributed by atoms with Crippen molar-refractivity contribution in [2.75, 3.05) is 0 Å². The molecule has 1 aliphatic heterocycles. The van der Waals surface area contributed by atoms with E-state index in [1.54, 1.807) is 24.3 Å². The molecule has 1 aliphatic rings. The van der Waals surface area contributed by atoms with Crippen LogP contribution in [0.3, 0.4) is 0 Å². The van der Waals surface area contributed by atoms with Gasteiger partial charge in [0.15, 0.2) is 5.78 Å². The van der Waals surface area contributed by atoms with Crippen LogP contribution >= 0.6 is 15.9 Å². The van der Waals surface area contributed by atoms with Crippen molar-refractivity contribution in [1.82, 2.24) is 0 Å². The number of carbonyl (C=O) groups excluding carboxylic acids is 3. The second-order valence-electron chi connectivity index (χ2n) is 4.94. The highest BCUT2D eigenvalue weighted by atomic mass is 79.9. The van der Waals surface area contributed by atoms with E-state index in [4.69, 9.17) is 9.47 Å². The molecule has 0 atom stereocenters. The first-order valence-electron chi connectivity index (χ1n) is 6.01. The summed E-state index contributed by atoms with van der Waals surface area (Å²) < 4.78 is 10.7. The van der Waals surface area contributed by atoms with Crippen LogP contribution in [-0.2, 0) is 30.3 Å². The van der Waals surface area contributed by atoms with E-state index in [1.807, 2.05) is 0 Å². The Morgan fingerprint density at radius 2 is 1.65 bits per heavy atom. The molecule has 0 saturated carbocycles. The van der Waals surface area contributed by atoms with Gasteiger partial charge in [-0.2, -0.15) is 0 Å². The van der Waals surface area contributed by atoms with Crippen LogP contribution in [0.5, 0.6) is 0 Å². The van der Waals surface area contributed by atoms with Gasteiger partial charge in [0.25, 0.3) is 5.79 Å². The Labute approximate surface area is 124 Å². The lowest BCUT2D eigenvalue weighted by atomic mass is 9.97. The average molecular weight is 341 g/mol. The van der Waals surface area contributed by atoms with Crippen LogP contribution in [0, 0.1) is 5.92 Å². The van der Waals surface area contributed by atoms with Gasteiger partial charge in [-0.05, 0) is 17.7 Å². The minimum atomic E-state index is -1.49. The molecule has 0 bridgehead atoms. The number of hydrogen-bond acceptors (Lipinski definition) is 5. The number of Topliss-reactive ketones (excluding diaryl/α,β-unsaturated/α-hetero) is 1. The van der Waals surface area contributed by atoms with Crippen molar-refractivity contribution in [1.29, 1.82) is 0 Å². The number of esters is 2. The quantitative estimate of drug-likeness (QED) is 0.621. The van der Waals surface area contributed by atoms with Crippen LogP contribution < -0.4 is 0 Å². The lowest BCUT2D eigenvalue weighted by Crippen LogP contribution is -2.49. The molecule has 1 fully saturated rings. The van der Waals surface area contributed by atoms with Crippen LogP contribution in [0.2, 0.25) is 0 Å². The number of rotatable bonds is 3. The summed E-state index contributed by atoms with van der Waals surface area (Å²) in [6.45, 7) is 2.89. The molecular weight excluding hydrogens is 328 g/mol. The largest absolute Gasteiger partial charge is 0.422 e. The predicted molar refractivity (Wildman–Crippen MR) is 72.6 cm³/mol. The molecule has 2 rings (SSSR count). The Bertz CT molecular complexity index is 541. The minimum Gasteiger partial charge on any atom is -0.422 e. The van der Waals surface area contributed by atoms with Gasteiger partial charge in [0, 0.05) is 24.7 Å². The molecule has 1 aromatic rings. The van der Waals surface area contributed by atoms with Gasteiger partial charge >= 0.3 is 11.9 Å². The first-order valence-corrected chi connectivity index (χ1v) is 6.81. The smallest absolute Gasteiger partial charge is 0.331 e. The van der Waals surface area contributed by atoms with E-state index in [0.29, 0.717) is 5.56 Å². The highest BCUT2D eigenvalue weighted by Crippen LogP contribution is 2.24. The Morgan fingerprint density at radius 3 is 2.15 bits per heavy atom. The van der Waals surface area contributed by atoms with Crippen molar-refractivity contribution in [2.24, 2.45) is 5.92 Å². The van der Waals surface area contributed by atoms with Crippen LogP contribution in [0.15, 0.2) is 28.7 Å². The molecule has 0 spiro atoms. The first-order chi connectivity index (χ1) is 9.28. The van der Waals surface area contributed by atoms with Gasteiger partial charge in [0.1, 0.15) is 0 Å². The van der Waals surface area contributed by atoms with Crippen molar-refractivity contribution in [3.63, 3.8) is 0 Å². The van der Waals surface area contributed by atoms with Crippen LogP contribution in [0.4, 0.5) is 0 Å². The van der Waals surface area contributed by atoms with Crippen LogP contribution in [-0.4, -0.2) is 23.5 Å². The molecule has 0 amide bonds. The Morgan fingerprint density at radius 1 is 1.15 bits per heavy atom. The predicted octanol–water partition coefficient (Wildman–Crippen LogP) is 2.01. The summed E-state index contributed by atoms with van der Waals surface area (Å²) in [5.41, 5.74) is 0.712. The maximum absolute atomic E-state index is 12.1. The molecule has 0 unspecified atom stereocenters. The van der Waals surface area contributed by atoms with Crippen LogP contribution in [0.25, 0.3) is 0 Å². The molecule has 106 valence electrons. The van der Waals surface area contributed by atoms with Crippen molar-refractivity contribution >= 4 is 33.7 Å². The zero-order valence-electron chi connectivity index (χ0n) is 11.0. The van der Waals surface area contributed by atoms with E-state index < -0.39 is 29.4 Å². The number of benzene rings is 1. The highest BCUT2D eigenvalue weighted by molar-refractivity contribution is 9.10. The number of carbonyl (C=O) groups is 3. The fourth-order valence-corrected chi connectivity index (χ4v) is 2.15. The average Bonchev–Trinajstić information content (AvgIpc) is 2.29. The van der Waals surface area contributed by atoms with E-state index in [1.165, 1.54) is 13.8 Å². The molecule has 20 heavy (non-hydrogen) atoms. The van der Waals surface area contributed by atoms with Crippen molar-refractivity contribution in [2.45, 2.75) is 26.1 Å². The van der Waals surface area contributed by atoms with Crippen LogP contribution in [0.1, 0.15) is 19.4 Å². The third kappa shape index (κ3) is 3.25. The maximum atomic E-state index is 12.1. The number of ether oxygens (including phenoxy) is 2. The SMILES string of the molecule is CC1(C)OC(=O)C(C(=O)Cc2ccc(Br)cc2)C(=O)O1. The molecule has 0 N–H and O–H groups in total. The van der Waals surface area contributed by atoms with Gasteiger partial charge in [-0.15, -0.1) is 0 Å². The summed E-state index contributed by atoms with van der Waals surface area (Å²) in [4.78, 5) is 35.6.